The quantitative estimate of drug-likeness (QED) is 0.901. The van der Waals surface area contributed by atoms with Gasteiger partial charge in [0.2, 0.25) is 10.0 Å². The minimum absolute atomic E-state index is 0.342. The molecule has 0 amide bonds. The van der Waals surface area contributed by atoms with Gasteiger partial charge in [0.15, 0.2) is 0 Å². The van der Waals surface area contributed by atoms with Crippen molar-refractivity contribution >= 4 is 10.0 Å². The molecule has 0 aromatic heterocycles. The highest BCUT2D eigenvalue weighted by Crippen LogP contribution is 2.10. The van der Waals surface area contributed by atoms with Crippen LogP contribution in [0.5, 0.6) is 0 Å². The number of aryl methyl sites for hydroxylation is 1. The second-order valence-corrected chi connectivity index (χ2v) is 6.53. The van der Waals surface area contributed by atoms with Gasteiger partial charge in [0.05, 0.1) is 4.90 Å². The summed E-state index contributed by atoms with van der Waals surface area (Å²) in [4.78, 5) is 2.63. The van der Waals surface area contributed by atoms with Crippen LogP contribution in [0.4, 0.5) is 0 Å². The van der Waals surface area contributed by atoms with Crippen molar-refractivity contribution in [1.29, 1.82) is 0 Å². The molecule has 5 heteroatoms. The number of sulfonamides is 1. The third kappa shape index (κ3) is 7.38. The number of hydrogen-bond donors (Lipinski definition) is 1. The Morgan fingerprint density at radius 1 is 1.00 bits per heavy atom. The molecule has 1 N–H and O–H groups in total. The highest BCUT2D eigenvalue weighted by Gasteiger charge is 2.15. The predicted octanol–water partition coefficient (Wildman–Crippen LogP) is 3.42. The zero-order valence-corrected chi connectivity index (χ0v) is 15.5. The van der Waals surface area contributed by atoms with E-state index in [1.807, 2.05) is 46.8 Å². The molecule has 0 bridgehead atoms. The SMILES string of the molecule is CC.CC.Cc1ccc(S(=O)(=O)NCCN2CCCC2)cc1. The molecular weight excluding hydrogens is 296 g/mol. The lowest BCUT2D eigenvalue weighted by Gasteiger charge is -2.14. The van der Waals surface area contributed by atoms with E-state index in [2.05, 4.69) is 9.62 Å². The molecule has 2 rings (SSSR count). The van der Waals surface area contributed by atoms with Crippen molar-refractivity contribution < 1.29 is 8.42 Å². The van der Waals surface area contributed by atoms with Crippen LogP contribution >= 0.6 is 0 Å². The summed E-state index contributed by atoms with van der Waals surface area (Å²) in [6, 6.07) is 6.92. The maximum atomic E-state index is 12.0. The van der Waals surface area contributed by atoms with Crippen molar-refractivity contribution in [1.82, 2.24) is 9.62 Å². The Labute approximate surface area is 137 Å². The van der Waals surface area contributed by atoms with Gasteiger partial charge in [0.1, 0.15) is 0 Å². The van der Waals surface area contributed by atoms with Crippen LogP contribution in [0.3, 0.4) is 0 Å². The topological polar surface area (TPSA) is 49.4 Å². The number of rotatable bonds is 5. The van der Waals surface area contributed by atoms with E-state index < -0.39 is 10.0 Å². The summed E-state index contributed by atoms with van der Waals surface area (Å²) in [5, 5.41) is 0. The second kappa shape index (κ2) is 11.6. The van der Waals surface area contributed by atoms with Gasteiger partial charge < -0.3 is 4.90 Å². The monoisotopic (exact) mass is 328 g/mol. The summed E-state index contributed by atoms with van der Waals surface area (Å²) < 4.78 is 26.6. The fraction of sp³-hybridized carbons (Fsp3) is 0.647. The van der Waals surface area contributed by atoms with E-state index in [0.717, 1.165) is 25.2 Å². The number of hydrogen-bond acceptors (Lipinski definition) is 3. The maximum Gasteiger partial charge on any atom is 0.240 e. The number of nitrogens with one attached hydrogen (secondary N) is 1. The van der Waals surface area contributed by atoms with E-state index in [4.69, 9.17) is 0 Å². The molecule has 0 spiro atoms. The molecule has 0 radical (unpaired) electrons. The zero-order valence-electron chi connectivity index (χ0n) is 14.7. The molecule has 1 aromatic rings. The van der Waals surface area contributed by atoms with E-state index >= 15 is 0 Å². The number of benzene rings is 1. The van der Waals surface area contributed by atoms with E-state index in [1.165, 1.54) is 12.8 Å². The Morgan fingerprint density at radius 3 is 2.00 bits per heavy atom. The van der Waals surface area contributed by atoms with Gasteiger partial charge in [-0.15, -0.1) is 0 Å². The first-order chi connectivity index (χ1) is 10.6. The van der Waals surface area contributed by atoms with Crippen LogP contribution in [0.2, 0.25) is 0 Å². The zero-order chi connectivity index (χ0) is 17.0. The molecule has 1 aliphatic heterocycles. The standard InChI is InChI=1S/C13H20N2O2S.2C2H6/c1-12-4-6-13(7-5-12)18(16,17)14-8-11-15-9-2-3-10-15;2*1-2/h4-7,14H,2-3,8-11H2,1H3;2*1-2H3. The lowest BCUT2D eigenvalue weighted by molar-refractivity contribution is 0.344. The minimum Gasteiger partial charge on any atom is -0.302 e. The van der Waals surface area contributed by atoms with Gasteiger partial charge in [-0.1, -0.05) is 45.4 Å². The fourth-order valence-corrected chi connectivity index (χ4v) is 3.17. The van der Waals surface area contributed by atoms with Crippen molar-refractivity contribution in [3.63, 3.8) is 0 Å². The van der Waals surface area contributed by atoms with Crippen molar-refractivity contribution in [2.24, 2.45) is 0 Å². The summed E-state index contributed by atoms with van der Waals surface area (Å²) in [5.41, 5.74) is 1.06. The molecule has 0 aliphatic carbocycles. The lowest BCUT2D eigenvalue weighted by atomic mass is 10.2. The van der Waals surface area contributed by atoms with Gasteiger partial charge in [-0.25, -0.2) is 13.1 Å². The molecule has 22 heavy (non-hydrogen) atoms. The molecule has 1 saturated heterocycles. The Bertz CT molecular complexity index is 478. The van der Waals surface area contributed by atoms with E-state index in [0.29, 0.717) is 11.4 Å². The van der Waals surface area contributed by atoms with Gasteiger partial charge in [-0.2, -0.15) is 0 Å². The van der Waals surface area contributed by atoms with Crippen LogP contribution in [0.15, 0.2) is 29.2 Å². The number of nitrogens with zero attached hydrogens (tertiary/aromatic N) is 1. The van der Waals surface area contributed by atoms with Gasteiger partial charge in [0, 0.05) is 13.1 Å². The molecule has 4 nitrogen and oxygen atoms in total. The van der Waals surface area contributed by atoms with Crippen molar-refractivity contribution in [3.05, 3.63) is 29.8 Å². The second-order valence-electron chi connectivity index (χ2n) is 4.76. The Balaban J connectivity index is 0.00000102. The van der Waals surface area contributed by atoms with E-state index in [9.17, 15) is 8.42 Å². The third-order valence-corrected chi connectivity index (χ3v) is 4.73. The van der Waals surface area contributed by atoms with Crippen LogP contribution in [0.1, 0.15) is 46.1 Å². The minimum atomic E-state index is -3.35. The molecule has 1 aromatic carbocycles. The molecule has 0 atom stereocenters. The average Bonchev–Trinajstić information content (AvgIpc) is 3.05. The molecular formula is C17H32N2O2S. The smallest absolute Gasteiger partial charge is 0.240 e. The molecule has 1 fully saturated rings. The number of likely N-dealkylation sites (tertiary alicyclic amines) is 1. The van der Waals surface area contributed by atoms with E-state index in [1.54, 1.807) is 12.1 Å². The largest absolute Gasteiger partial charge is 0.302 e. The van der Waals surface area contributed by atoms with Crippen molar-refractivity contribution in [3.8, 4) is 0 Å². The predicted molar refractivity (Wildman–Crippen MR) is 94.7 cm³/mol. The summed E-state index contributed by atoms with van der Waals surface area (Å²) in [5.74, 6) is 0. The van der Waals surface area contributed by atoms with Crippen LogP contribution in [-0.2, 0) is 10.0 Å². The summed E-state index contributed by atoms with van der Waals surface area (Å²) in [7, 11) is -3.35. The van der Waals surface area contributed by atoms with Crippen LogP contribution in [0, 0.1) is 6.92 Å². The Hall–Kier alpha value is -0.910. The fourth-order valence-electron chi connectivity index (χ4n) is 2.15. The molecule has 1 aliphatic rings. The third-order valence-electron chi connectivity index (χ3n) is 3.25. The lowest BCUT2D eigenvalue weighted by Crippen LogP contribution is -2.33. The van der Waals surface area contributed by atoms with Crippen LogP contribution in [0.25, 0.3) is 0 Å². The van der Waals surface area contributed by atoms with E-state index in [-0.39, 0.29) is 0 Å². The van der Waals surface area contributed by atoms with Crippen LogP contribution < -0.4 is 4.72 Å². The first-order valence-electron chi connectivity index (χ1n) is 8.37. The summed E-state index contributed by atoms with van der Waals surface area (Å²) in [6.45, 7) is 13.4. The Morgan fingerprint density at radius 2 is 1.50 bits per heavy atom. The molecule has 0 saturated carbocycles. The normalized spacial score (nSPS) is 14.6. The van der Waals surface area contributed by atoms with Crippen molar-refractivity contribution in [2.75, 3.05) is 26.2 Å². The van der Waals surface area contributed by atoms with Gasteiger partial charge in [0.25, 0.3) is 0 Å². The Kier molecular flexibility index (Phi) is 11.1. The highest BCUT2D eigenvalue weighted by atomic mass is 32.2. The molecule has 128 valence electrons. The van der Waals surface area contributed by atoms with Crippen molar-refractivity contribution in [2.45, 2.75) is 52.4 Å². The first-order valence-corrected chi connectivity index (χ1v) is 9.85. The summed E-state index contributed by atoms with van der Waals surface area (Å²) >= 11 is 0. The van der Waals surface area contributed by atoms with Gasteiger partial charge in [-0.05, 0) is 45.0 Å². The average molecular weight is 329 g/mol. The molecule has 0 unspecified atom stereocenters. The highest BCUT2D eigenvalue weighted by molar-refractivity contribution is 7.89. The van der Waals surface area contributed by atoms with Crippen LogP contribution in [-0.4, -0.2) is 39.5 Å². The van der Waals surface area contributed by atoms with Gasteiger partial charge >= 0.3 is 0 Å². The van der Waals surface area contributed by atoms with Gasteiger partial charge in [-0.3, -0.25) is 0 Å². The first kappa shape index (κ1) is 21.1. The maximum absolute atomic E-state index is 12.0. The summed E-state index contributed by atoms with van der Waals surface area (Å²) in [6.07, 6.45) is 2.45. The molecule has 1 heterocycles.